The van der Waals surface area contributed by atoms with E-state index < -0.39 is 0 Å². The normalized spacial score (nSPS) is 8.86. The zero-order valence-corrected chi connectivity index (χ0v) is 9.35. The van der Waals surface area contributed by atoms with Gasteiger partial charge in [0, 0.05) is 6.20 Å². The van der Waals surface area contributed by atoms with E-state index in [2.05, 4.69) is 37.4 Å². The molecule has 0 aliphatic heterocycles. The van der Waals surface area contributed by atoms with Crippen molar-refractivity contribution in [3.63, 3.8) is 0 Å². The molecule has 0 aromatic carbocycles. The molecule has 2 heterocycles. The lowest BCUT2D eigenvalue weighted by atomic mass is 10.7. The summed E-state index contributed by atoms with van der Waals surface area (Å²) in [6, 6.07) is 1.74. The van der Waals surface area contributed by atoms with E-state index in [4.69, 9.17) is 24.4 Å². The Balaban J connectivity index is 0.000000146. The first-order valence-corrected chi connectivity index (χ1v) is 4.77. The summed E-state index contributed by atoms with van der Waals surface area (Å²) >= 11 is 14.0. The maximum Gasteiger partial charge on any atom is 0.213 e. The molecule has 5 nitrogen and oxygen atoms in total. The Morgan fingerprint density at radius 3 is 2.29 bits per heavy atom. The molecule has 2 aromatic heterocycles. The number of aromatic amines is 4. The highest BCUT2D eigenvalue weighted by molar-refractivity contribution is 7.72. The van der Waals surface area contributed by atoms with Crippen LogP contribution in [0.4, 0.5) is 0 Å². The summed E-state index contributed by atoms with van der Waals surface area (Å²) in [7, 11) is 0. The maximum absolute atomic E-state index is 4.76. The van der Waals surface area contributed by atoms with Gasteiger partial charge in [-0.15, -0.1) is 0 Å². The molecule has 0 spiro atoms. The van der Waals surface area contributed by atoms with Gasteiger partial charge in [-0.2, -0.15) is 0 Å². The lowest BCUT2D eigenvalue weighted by molar-refractivity contribution is 1.08. The molecule has 8 heteroatoms. The molecule has 0 aliphatic carbocycles. The van der Waals surface area contributed by atoms with Gasteiger partial charge < -0.3 is 9.97 Å². The quantitative estimate of drug-likeness (QED) is 0.537. The third-order valence-corrected chi connectivity index (χ3v) is 1.78. The molecule has 0 atom stereocenters. The lowest BCUT2D eigenvalue weighted by Crippen LogP contribution is -1.76. The second kappa shape index (κ2) is 5.58. The number of rotatable bonds is 0. The fourth-order valence-corrected chi connectivity index (χ4v) is 1.12. The van der Waals surface area contributed by atoms with Crippen molar-refractivity contribution < 1.29 is 0 Å². The van der Waals surface area contributed by atoms with Crippen molar-refractivity contribution in [2.24, 2.45) is 0 Å². The number of nitrogens with one attached hydrogen (secondary N) is 4. The van der Waals surface area contributed by atoms with Crippen molar-refractivity contribution >= 4 is 36.7 Å². The van der Waals surface area contributed by atoms with Crippen LogP contribution in [-0.4, -0.2) is 25.1 Å². The summed E-state index contributed by atoms with van der Waals surface area (Å²) < 4.78 is 1.72. The molecule has 0 bridgehead atoms. The molecule has 0 saturated carbocycles. The topological polar surface area (TPSA) is 76.0 Å². The van der Waals surface area contributed by atoms with Gasteiger partial charge in [-0.25, -0.2) is 4.98 Å². The van der Waals surface area contributed by atoms with E-state index in [1.807, 2.05) is 0 Å². The molecule has 14 heavy (non-hydrogen) atoms. The van der Waals surface area contributed by atoms with Gasteiger partial charge in [0.05, 0.1) is 0 Å². The van der Waals surface area contributed by atoms with E-state index in [1.165, 1.54) is 6.33 Å². The highest BCUT2D eigenvalue weighted by atomic mass is 32.1. The predicted molar refractivity (Wildman–Crippen MR) is 60.6 cm³/mol. The highest BCUT2D eigenvalue weighted by Gasteiger charge is 1.71. The summed E-state index contributed by atoms with van der Waals surface area (Å²) in [4.78, 5) is 9.13. The van der Waals surface area contributed by atoms with Crippen LogP contribution in [0.3, 0.4) is 0 Å². The Bertz CT molecular complexity index is 491. The monoisotopic (exact) mass is 245 g/mol. The zero-order valence-electron chi connectivity index (χ0n) is 6.90. The van der Waals surface area contributed by atoms with Crippen LogP contribution in [0.5, 0.6) is 0 Å². The van der Waals surface area contributed by atoms with Gasteiger partial charge in [-0.3, -0.25) is 10.2 Å². The predicted octanol–water partition coefficient (Wildman–Crippen LogP) is 2.27. The van der Waals surface area contributed by atoms with Gasteiger partial charge in [-0.1, -0.05) is 12.2 Å². The Kier molecular flexibility index (Phi) is 4.36. The number of aromatic nitrogens is 5. The zero-order chi connectivity index (χ0) is 10.4. The molecule has 0 amide bonds. The molecule has 0 aliphatic rings. The maximum atomic E-state index is 4.76. The fraction of sp³-hybridized carbons (Fsp3) is 0. The van der Waals surface area contributed by atoms with Crippen LogP contribution in [0.25, 0.3) is 0 Å². The van der Waals surface area contributed by atoms with Gasteiger partial charge >= 0.3 is 0 Å². The van der Waals surface area contributed by atoms with Crippen LogP contribution in [0, 0.1) is 14.2 Å². The number of H-pyrrole nitrogens is 4. The summed E-state index contributed by atoms with van der Waals surface area (Å²) in [5.74, 6) is 0. The van der Waals surface area contributed by atoms with Crippen LogP contribution in [0.2, 0.25) is 0 Å². The van der Waals surface area contributed by atoms with Crippen molar-refractivity contribution in [1.29, 1.82) is 0 Å². The standard InChI is InChI=1S/C4H4N2S2.C2H3N3S/c7-3-1-2-5-4(8)6-3;6-2-3-1-4-5-2/h1-2H,(H2,5,6,7,8);1H,(H2,3,4,5,6). The molecule has 2 rings (SSSR count). The van der Waals surface area contributed by atoms with Crippen molar-refractivity contribution in [3.8, 4) is 0 Å². The molecular formula is C6H7N5S3. The van der Waals surface area contributed by atoms with Crippen LogP contribution in [0.15, 0.2) is 18.6 Å². The van der Waals surface area contributed by atoms with Crippen LogP contribution in [-0.2, 0) is 0 Å². The number of nitrogens with zero attached hydrogens (tertiary/aromatic N) is 1. The van der Waals surface area contributed by atoms with Gasteiger partial charge in [0.2, 0.25) is 4.77 Å². The Morgan fingerprint density at radius 2 is 2.00 bits per heavy atom. The Labute approximate surface area is 94.6 Å². The van der Waals surface area contributed by atoms with E-state index in [0.717, 1.165) is 0 Å². The van der Waals surface area contributed by atoms with Crippen molar-refractivity contribution in [3.05, 3.63) is 32.8 Å². The highest BCUT2D eigenvalue weighted by Crippen LogP contribution is 1.80. The molecule has 74 valence electrons. The smallest absolute Gasteiger partial charge is 0.213 e. The van der Waals surface area contributed by atoms with Crippen LogP contribution >= 0.6 is 36.7 Å². The molecule has 0 radical (unpaired) electrons. The van der Waals surface area contributed by atoms with E-state index in [9.17, 15) is 0 Å². The van der Waals surface area contributed by atoms with Crippen LogP contribution in [0.1, 0.15) is 0 Å². The van der Waals surface area contributed by atoms with E-state index in [0.29, 0.717) is 14.2 Å². The average molecular weight is 245 g/mol. The average Bonchev–Trinajstić information content (AvgIpc) is 2.56. The summed E-state index contributed by atoms with van der Waals surface area (Å²) in [5, 5.41) is 5.17. The van der Waals surface area contributed by atoms with Crippen molar-refractivity contribution in [2.75, 3.05) is 0 Å². The first kappa shape index (κ1) is 11.0. The third kappa shape index (κ3) is 4.21. The minimum absolute atomic E-state index is 0.495. The van der Waals surface area contributed by atoms with Gasteiger partial charge in [0.1, 0.15) is 11.0 Å². The summed E-state index contributed by atoms with van der Waals surface area (Å²) in [6.07, 6.45) is 3.21. The largest absolute Gasteiger partial charge is 0.339 e. The molecule has 4 N–H and O–H groups in total. The molecule has 0 fully saturated rings. The Hall–Kier alpha value is -1.12. The van der Waals surface area contributed by atoms with Gasteiger partial charge in [0.15, 0.2) is 4.77 Å². The van der Waals surface area contributed by atoms with Gasteiger partial charge in [0.25, 0.3) is 0 Å². The van der Waals surface area contributed by atoms with E-state index >= 15 is 0 Å². The minimum Gasteiger partial charge on any atom is -0.339 e. The first-order chi connectivity index (χ1) is 6.68. The van der Waals surface area contributed by atoms with E-state index in [1.54, 1.807) is 12.3 Å². The van der Waals surface area contributed by atoms with Crippen molar-refractivity contribution in [2.45, 2.75) is 0 Å². The molecule has 0 unspecified atom stereocenters. The SMILES string of the molecule is S=c1cc[nH]c(=S)[nH]1.S=c1nc[nH][nH]1. The molecule has 2 aromatic rings. The second-order valence-corrected chi connectivity index (χ2v) is 3.36. The summed E-state index contributed by atoms with van der Waals surface area (Å²) in [6.45, 7) is 0. The Morgan fingerprint density at radius 1 is 1.21 bits per heavy atom. The lowest BCUT2D eigenvalue weighted by Gasteiger charge is -1.80. The third-order valence-electron chi connectivity index (χ3n) is 1.11. The van der Waals surface area contributed by atoms with Gasteiger partial charge in [-0.05, 0) is 30.5 Å². The van der Waals surface area contributed by atoms with Crippen LogP contribution < -0.4 is 0 Å². The number of hydrogen-bond acceptors (Lipinski definition) is 4. The second-order valence-electron chi connectivity index (χ2n) is 2.13. The fourth-order valence-electron chi connectivity index (χ4n) is 0.600. The first-order valence-electron chi connectivity index (χ1n) is 3.54. The number of hydrogen-bond donors (Lipinski definition) is 4. The van der Waals surface area contributed by atoms with Crippen molar-refractivity contribution in [1.82, 2.24) is 25.1 Å². The summed E-state index contributed by atoms with van der Waals surface area (Å²) in [5.41, 5.74) is 0. The van der Waals surface area contributed by atoms with E-state index in [-0.39, 0.29) is 0 Å². The minimum atomic E-state index is 0.495. The molecular weight excluding hydrogens is 238 g/mol. The molecule has 0 saturated heterocycles.